The Bertz CT molecular complexity index is 726. The van der Waals surface area contributed by atoms with E-state index in [-0.39, 0.29) is 24.9 Å². The quantitative estimate of drug-likeness (QED) is 0.909. The third-order valence-electron chi connectivity index (χ3n) is 4.15. The molecule has 2 amide bonds. The van der Waals surface area contributed by atoms with Crippen LogP contribution in [0.1, 0.15) is 17.3 Å². The molecule has 0 bridgehead atoms. The predicted octanol–water partition coefficient (Wildman–Crippen LogP) is 1.61. The number of carbonyl (C=O) groups excluding carboxylic acids is 2. The maximum Gasteiger partial charge on any atom is 0.254 e. The van der Waals surface area contributed by atoms with Crippen LogP contribution in [0.15, 0.2) is 47.1 Å². The van der Waals surface area contributed by atoms with Gasteiger partial charge >= 0.3 is 0 Å². The number of carbonyl (C=O) groups is 2. The van der Waals surface area contributed by atoms with Crippen LogP contribution in [0.3, 0.4) is 0 Å². The number of amides is 2. The van der Waals surface area contributed by atoms with Gasteiger partial charge in [-0.25, -0.2) is 0 Å². The Morgan fingerprint density at radius 3 is 2.58 bits per heavy atom. The van der Waals surface area contributed by atoms with Crippen molar-refractivity contribution in [2.75, 3.05) is 26.2 Å². The van der Waals surface area contributed by atoms with Gasteiger partial charge in [-0.15, -0.1) is 0 Å². The summed E-state index contributed by atoms with van der Waals surface area (Å²) in [5.41, 5.74) is 1.36. The van der Waals surface area contributed by atoms with Crippen LogP contribution in [0.4, 0.5) is 0 Å². The van der Waals surface area contributed by atoms with Gasteiger partial charge in [0.15, 0.2) is 0 Å². The molecule has 1 aliphatic heterocycles. The second-order valence-corrected chi connectivity index (χ2v) is 5.93. The minimum Gasteiger partial charge on any atom is -0.464 e. The zero-order chi connectivity index (χ0) is 17.1. The lowest BCUT2D eigenvalue weighted by Gasteiger charge is -2.21. The van der Waals surface area contributed by atoms with Gasteiger partial charge in [0, 0.05) is 44.2 Å². The first-order chi connectivity index (χ1) is 11.5. The number of rotatable bonds is 2. The van der Waals surface area contributed by atoms with Crippen molar-refractivity contribution in [2.24, 2.45) is 0 Å². The largest absolute Gasteiger partial charge is 0.464 e. The number of β-amino-alcohol motifs (C(OH)–C–C–N with tert-alkyl or cyclic N) is 1. The summed E-state index contributed by atoms with van der Waals surface area (Å²) < 4.78 is 5.37. The molecule has 1 fully saturated rings. The molecule has 1 saturated heterocycles. The number of benzene rings is 1. The molecule has 126 valence electrons. The first-order valence-corrected chi connectivity index (χ1v) is 7.91. The normalized spacial score (nSPS) is 18.3. The van der Waals surface area contributed by atoms with Crippen LogP contribution in [-0.4, -0.2) is 59.0 Å². The minimum absolute atomic E-state index is 0.0943. The highest BCUT2D eigenvalue weighted by atomic mass is 16.3. The first kappa shape index (κ1) is 16.3. The van der Waals surface area contributed by atoms with E-state index in [4.69, 9.17) is 4.42 Å². The summed E-state index contributed by atoms with van der Waals surface area (Å²) in [6.07, 6.45) is 0.847. The van der Waals surface area contributed by atoms with Crippen LogP contribution in [0.2, 0.25) is 0 Å². The molecule has 6 nitrogen and oxygen atoms in total. The Morgan fingerprint density at radius 1 is 1.12 bits per heavy atom. The molecule has 0 radical (unpaired) electrons. The molecular formula is C18H20N2O4. The standard InChI is InChI=1S/C18H20N2O4/c1-13(21)19-7-8-20(12-16(22)11-19)18(23)15-5-2-4-14(10-15)17-6-3-9-24-17/h2-6,9-10,16,22H,7-8,11-12H2,1H3. The Hall–Kier alpha value is -2.60. The molecule has 1 atom stereocenters. The number of hydrogen-bond acceptors (Lipinski definition) is 4. The van der Waals surface area contributed by atoms with Gasteiger partial charge in [0.05, 0.1) is 12.4 Å². The van der Waals surface area contributed by atoms with E-state index < -0.39 is 6.10 Å². The van der Waals surface area contributed by atoms with Crippen molar-refractivity contribution in [2.45, 2.75) is 13.0 Å². The van der Waals surface area contributed by atoms with Crippen molar-refractivity contribution < 1.29 is 19.1 Å². The molecule has 3 rings (SSSR count). The van der Waals surface area contributed by atoms with E-state index in [0.29, 0.717) is 24.4 Å². The lowest BCUT2D eigenvalue weighted by atomic mass is 10.1. The Morgan fingerprint density at radius 2 is 1.88 bits per heavy atom. The summed E-state index contributed by atoms with van der Waals surface area (Å²) in [7, 11) is 0. The molecule has 1 aromatic carbocycles. The van der Waals surface area contributed by atoms with Crippen molar-refractivity contribution in [3.05, 3.63) is 48.2 Å². The summed E-state index contributed by atoms with van der Waals surface area (Å²) in [5.74, 6) is 0.444. The molecule has 1 aliphatic rings. The molecule has 0 aliphatic carbocycles. The van der Waals surface area contributed by atoms with Gasteiger partial charge in [-0.2, -0.15) is 0 Å². The van der Waals surface area contributed by atoms with Gasteiger partial charge in [0.25, 0.3) is 5.91 Å². The zero-order valence-corrected chi connectivity index (χ0v) is 13.5. The van der Waals surface area contributed by atoms with Crippen LogP contribution in [0, 0.1) is 0 Å². The molecule has 1 unspecified atom stereocenters. The van der Waals surface area contributed by atoms with Crippen LogP contribution >= 0.6 is 0 Å². The van der Waals surface area contributed by atoms with Crippen LogP contribution in [0.25, 0.3) is 11.3 Å². The molecule has 2 aromatic rings. The summed E-state index contributed by atoms with van der Waals surface area (Å²) in [4.78, 5) is 27.5. The Kier molecular flexibility index (Phi) is 4.66. The Labute approximate surface area is 140 Å². The SMILES string of the molecule is CC(=O)N1CCN(C(=O)c2cccc(-c3ccco3)c2)CC(O)C1. The number of hydrogen-bond donors (Lipinski definition) is 1. The minimum atomic E-state index is -0.742. The van der Waals surface area contributed by atoms with Crippen molar-refractivity contribution in [1.82, 2.24) is 9.80 Å². The fraction of sp³-hybridized carbons (Fsp3) is 0.333. The molecular weight excluding hydrogens is 308 g/mol. The number of furan rings is 1. The highest BCUT2D eigenvalue weighted by molar-refractivity contribution is 5.95. The van der Waals surface area contributed by atoms with E-state index in [1.54, 1.807) is 40.3 Å². The zero-order valence-electron chi connectivity index (χ0n) is 13.5. The lowest BCUT2D eigenvalue weighted by Crippen LogP contribution is -2.37. The average Bonchev–Trinajstić information content (AvgIpc) is 3.03. The van der Waals surface area contributed by atoms with Crippen molar-refractivity contribution in [3.63, 3.8) is 0 Å². The van der Waals surface area contributed by atoms with E-state index in [1.165, 1.54) is 6.92 Å². The molecule has 1 N–H and O–H groups in total. The topological polar surface area (TPSA) is 74.0 Å². The third kappa shape index (κ3) is 3.49. The van der Waals surface area contributed by atoms with Gasteiger partial charge in [-0.3, -0.25) is 9.59 Å². The average molecular weight is 328 g/mol. The van der Waals surface area contributed by atoms with Crippen LogP contribution in [0.5, 0.6) is 0 Å². The summed E-state index contributed by atoms with van der Waals surface area (Å²) in [6, 6.07) is 10.8. The van der Waals surface area contributed by atoms with E-state index in [0.717, 1.165) is 5.56 Å². The van der Waals surface area contributed by atoms with E-state index >= 15 is 0 Å². The monoisotopic (exact) mass is 328 g/mol. The van der Waals surface area contributed by atoms with Crippen molar-refractivity contribution >= 4 is 11.8 Å². The first-order valence-electron chi connectivity index (χ1n) is 7.91. The van der Waals surface area contributed by atoms with E-state index in [9.17, 15) is 14.7 Å². The van der Waals surface area contributed by atoms with Gasteiger partial charge in [0.2, 0.25) is 5.91 Å². The molecule has 1 aromatic heterocycles. The maximum atomic E-state index is 12.8. The number of aliphatic hydroxyl groups is 1. The van der Waals surface area contributed by atoms with Crippen LogP contribution in [-0.2, 0) is 4.79 Å². The highest BCUT2D eigenvalue weighted by Crippen LogP contribution is 2.21. The molecule has 24 heavy (non-hydrogen) atoms. The summed E-state index contributed by atoms with van der Waals surface area (Å²) in [5, 5.41) is 10.1. The van der Waals surface area contributed by atoms with Crippen LogP contribution < -0.4 is 0 Å². The number of aliphatic hydroxyl groups excluding tert-OH is 1. The summed E-state index contributed by atoms with van der Waals surface area (Å²) in [6.45, 7) is 2.77. The van der Waals surface area contributed by atoms with Gasteiger partial charge < -0.3 is 19.3 Å². The van der Waals surface area contributed by atoms with Crippen molar-refractivity contribution in [1.29, 1.82) is 0 Å². The van der Waals surface area contributed by atoms with Gasteiger partial charge in [0.1, 0.15) is 5.76 Å². The maximum absolute atomic E-state index is 12.8. The Balaban J connectivity index is 1.79. The second-order valence-electron chi connectivity index (χ2n) is 5.93. The summed E-state index contributed by atoms with van der Waals surface area (Å²) >= 11 is 0. The second kappa shape index (κ2) is 6.88. The highest BCUT2D eigenvalue weighted by Gasteiger charge is 2.26. The lowest BCUT2D eigenvalue weighted by molar-refractivity contribution is -0.129. The molecule has 6 heteroatoms. The molecule has 0 saturated carbocycles. The van der Waals surface area contributed by atoms with Gasteiger partial charge in [-0.05, 0) is 24.3 Å². The van der Waals surface area contributed by atoms with Crippen molar-refractivity contribution in [3.8, 4) is 11.3 Å². The van der Waals surface area contributed by atoms with Gasteiger partial charge in [-0.1, -0.05) is 12.1 Å². The molecule has 2 heterocycles. The molecule has 0 spiro atoms. The third-order valence-corrected chi connectivity index (χ3v) is 4.15. The van der Waals surface area contributed by atoms with E-state index in [1.807, 2.05) is 12.1 Å². The fourth-order valence-corrected chi connectivity index (χ4v) is 2.89. The fourth-order valence-electron chi connectivity index (χ4n) is 2.89. The smallest absolute Gasteiger partial charge is 0.254 e. The number of nitrogens with zero attached hydrogens (tertiary/aromatic N) is 2. The van der Waals surface area contributed by atoms with E-state index in [2.05, 4.69) is 0 Å². The predicted molar refractivity (Wildman–Crippen MR) is 88.3 cm³/mol.